The van der Waals surface area contributed by atoms with Crippen molar-refractivity contribution in [3.8, 4) is 23.0 Å². The second kappa shape index (κ2) is 12.9. The quantitative estimate of drug-likeness (QED) is 0.250. The van der Waals surface area contributed by atoms with Crippen LogP contribution in [-0.2, 0) is 19.0 Å². The Morgan fingerprint density at radius 3 is 1.45 bits per heavy atom. The van der Waals surface area contributed by atoms with Crippen molar-refractivity contribution in [2.75, 3.05) is 47.5 Å². The highest BCUT2D eigenvalue weighted by Gasteiger charge is 2.28. The number of hydrogen-bond acceptors (Lipinski definition) is 10. The van der Waals surface area contributed by atoms with Gasteiger partial charge in [-0.15, -0.1) is 0 Å². The number of benzene rings is 3. The predicted octanol–water partition coefficient (Wildman–Crippen LogP) is 6.14. The number of anilines is 2. The fourth-order valence-corrected chi connectivity index (χ4v) is 6.96. The van der Waals surface area contributed by atoms with Crippen LogP contribution in [0.25, 0.3) is 0 Å². The Labute approximate surface area is 235 Å². The van der Waals surface area contributed by atoms with Crippen LogP contribution in [0.5, 0.6) is 23.0 Å². The van der Waals surface area contributed by atoms with Gasteiger partial charge in [-0.2, -0.15) is 0 Å². The summed E-state index contributed by atoms with van der Waals surface area (Å²) in [6.07, 6.45) is 3.63. The summed E-state index contributed by atoms with van der Waals surface area (Å²) < 4.78 is 69.8. The van der Waals surface area contributed by atoms with Gasteiger partial charge in [0.15, 0.2) is 32.8 Å². The van der Waals surface area contributed by atoms with E-state index in [9.17, 15) is 17.5 Å². The molecule has 210 valence electrons. The Bertz CT molecular complexity index is 1430. The molecule has 2 heterocycles. The number of piperidine rings is 1. The Kier molecular flexibility index (Phi) is 9.04. The van der Waals surface area contributed by atoms with Gasteiger partial charge in [0.25, 0.3) is 0 Å². The minimum atomic E-state index is -2.96. The van der Waals surface area contributed by atoms with E-state index < -0.39 is 26.3 Å². The first-order valence-corrected chi connectivity index (χ1v) is 17.0. The van der Waals surface area contributed by atoms with Crippen molar-refractivity contribution < 1.29 is 35.6 Å². The number of nitrogens with zero attached hydrogens (tertiary/aromatic N) is 2. The third-order valence-electron chi connectivity index (χ3n) is 6.63. The summed E-state index contributed by atoms with van der Waals surface area (Å²) in [6.45, 7) is 2.93. The second-order valence-electron chi connectivity index (χ2n) is 9.46. The predicted molar refractivity (Wildman–Crippen MR) is 154 cm³/mol. The van der Waals surface area contributed by atoms with Gasteiger partial charge in [0.05, 0.1) is 11.5 Å². The lowest BCUT2D eigenvalue weighted by atomic mass is 10.1. The maximum absolute atomic E-state index is 12.5. The lowest BCUT2D eigenvalue weighted by Gasteiger charge is -2.28. The van der Waals surface area contributed by atoms with Gasteiger partial charge in [-0.3, -0.25) is 0 Å². The fraction of sp³-hybridized carbons (Fsp3) is 0.333. The summed E-state index contributed by atoms with van der Waals surface area (Å²) in [5, 5.41) is 0. The minimum Gasteiger partial charge on any atom is -0.372 e. The average Bonchev–Trinajstić information content (AvgIpc) is 2.94. The molecule has 2 saturated heterocycles. The van der Waals surface area contributed by atoms with Crippen molar-refractivity contribution in [3.63, 3.8) is 0 Å². The number of hydrogen-bond donors (Lipinski definition) is 0. The molecule has 3 aromatic rings. The topological polar surface area (TPSA) is 112 Å². The van der Waals surface area contributed by atoms with Crippen molar-refractivity contribution >= 4 is 37.7 Å². The Morgan fingerprint density at radius 1 is 0.550 bits per heavy atom. The first-order valence-electron chi connectivity index (χ1n) is 13.0. The van der Waals surface area contributed by atoms with E-state index in [2.05, 4.69) is 4.90 Å². The van der Waals surface area contributed by atoms with Gasteiger partial charge in [-0.1, -0.05) is 6.07 Å². The lowest BCUT2D eigenvalue weighted by Crippen LogP contribution is -2.40. The molecule has 2 atom stereocenters. The van der Waals surface area contributed by atoms with E-state index in [1.165, 1.54) is 25.3 Å². The van der Waals surface area contributed by atoms with E-state index in [1.807, 2.05) is 17.0 Å². The maximum Gasteiger partial charge on any atom is 0.805 e. The first kappa shape index (κ1) is 28.1. The second-order valence-corrected chi connectivity index (χ2v) is 13.4. The number of rotatable bonds is 10. The average molecular weight is 605 g/mol. The van der Waals surface area contributed by atoms with Gasteiger partial charge in [0, 0.05) is 52.8 Å². The standard InChI is InChI=1S/C27H30N2O8P2S/c30-38(34-24-11-7-22(8-12-24)28-15-2-1-3-16-28)36-26-5-4-6-27(21-26)37-39(31)35-25-13-9-23(10-14-25)29-17-19-40(32,33)20-18-29/h4-14,21H,1-3,15-20H2/q+2. The third-order valence-corrected chi connectivity index (χ3v) is 9.68. The molecule has 5 rings (SSSR count). The minimum absolute atomic E-state index is 0.125. The van der Waals surface area contributed by atoms with Crippen LogP contribution in [-0.4, -0.2) is 46.1 Å². The maximum atomic E-state index is 12.5. The molecule has 13 heteroatoms. The number of sulfone groups is 1. The van der Waals surface area contributed by atoms with E-state index >= 15 is 0 Å². The normalized spacial score (nSPS) is 17.5. The lowest BCUT2D eigenvalue weighted by molar-refractivity contribution is 0.409. The zero-order valence-electron chi connectivity index (χ0n) is 21.8. The third kappa shape index (κ3) is 7.84. The van der Waals surface area contributed by atoms with Gasteiger partial charge >= 0.3 is 16.5 Å². The molecule has 0 aromatic heterocycles. The monoisotopic (exact) mass is 604 g/mol. The van der Waals surface area contributed by atoms with Crippen LogP contribution >= 0.6 is 16.5 Å². The summed E-state index contributed by atoms with van der Waals surface area (Å²) in [5.74, 6) is 1.45. The summed E-state index contributed by atoms with van der Waals surface area (Å²) in [5.41, 5.74) is 1.97. The van der Waals surface area contributed by atoms with Gasteiger partial charge in [0.2, 0.25) is 0 Å². The van der Waals surface area contributed by atoms with Gasteiger partial charge in [-0.25, -0.2) is 26.5 Å². The van der Waals surface area contributed by atoms with Crippen LogP contribution < -0.4 is 27.9 Å². The highest BCUT2D eigenvalue weighted by molar-refractivity contribution is 7.91. The Balaban J connectivity index is 1.10. The summed E-state index contributed by atoms with van der Waals surface area (Å²) in [4.78, 5) is 4.30. The van der Waals surface area contributed by atoms with Crippen molar-refractivity contribution in [3.05, 3.63) is 72.8 Å². The molecule has 2 aliphatic rings. The molecule has 0 N–H and O–H groups in total. The highest BCUT2D eigenvalue weighted by Crippen LogP contribution is 2.36. The largest absolute Gasteiger partial charge is 0.805 e. The SMILES string of the molecule is O=[P+](Oc1ccc(N2CCCCC2)cc1)Oc1cccc(O[P+](=O)Oc2ccc(N3CCS(=O)(=O)CC3)cc2)c1. The van der Waals surface area contributed by atoms with E-state index in [0.29, 0.717) is 24.6 Å². The smallest absolute Gasteiger partial charge is 0.372 e. The molecular formula is C27H30N2O8P2S+2. The van der Waals surface area contributed by atoms with Crippen molar-refractivity contribution in [1.29, 1.82) is 0 Å². The summed E-state index contributed by atoms with van der Waals surface area (Å²) in [6, 6.07) is 20.5. The fourth-order valence-electron chi connectivity index (χ4n) is 4.53. The van der Waals surface area contributed by atoms with E-state index in [-0.39, 0.29) is 23.0 Å². The van der Waals surface area contributed by atoms with Crippen LogP contribution in [0, 0.1) is 0 Å². The molecule has 0 aliphatic carbocycles. The van der Waals surface area contributed by atoms with Gasteiger partial charge < -0.3 is 9.80 Å². The zero-order valence-corrected chi connectivity index (χ0v) is 24.4. The van der Waals surface area contributed by atoms with Crippen LogP contribution in [0.1, 0.15) is 19.3 Å². The molecule has 10 nitrogen and oxygen atoms in total. The zero-order chi connectivity index (χ0) is 28.0. The molecule has 0 saturated carbocycles. The van der Waals surface area contributed by atoms with Crippen LogP contribution in [0.15, 0.2) is 72.8 Å². The molecule has 0 radical (unpaired) electrons. The molecule has 2 aliphatic heterocycles. The van der Waals surface area contributed by atoms with E-state index in [1.54, 1.807) is 54.6 Å². The molecule has 0 amide bonds. The van der Waals surface area contributed by atoms with Crippen LogP contribution in [0.3, 0.4) is 0 Å². The molecule has 2 fully saturated rings. The van der Waals surface area contributed by atoms with Crippen molar-refractivity contribution in [2.24, 2.45) is 0 Å². The van der Waals surface area contributed by atoms with Crippen LogP contribution in [0.4, 0.5) is 11.4 Å². The molecule has 40 heavy (non-hydrogen) atoms. The summed E-state index contributed by atoms with van der Waals surface area (Å²) >= 11 is 0. The Morgan fingerprint density at radius 2 is 0.975 bits per heavy atom. The molecule has 0 bridgehead atoms. The Hall–Kier alpha value is -3.39. The van der Waals surface area contributed by atoms with E-state index in [0.717, 1.165) is 24.5 Å². The van der Waals surface area contributed by atoms with Crippen molar-refractivity contribution in [1.82, 2.24) is 0 Å². The van der Waals surface area contributed by atoms with E-state index in [4.69, 9.17) is 18.1 Å². The molecule has 0 spiro atoms. The molecule has 3 aromatic carbocycles. The summed E-state index contributed by atoms with van der Waals surface area (Å²) in [7, 11) is -8.03. The highest BCUT2D eigenvalue weighted by atomic mass is 32.2. The molecular weight excluding hydrogens is 574 g/mol. The van der Waals surface area contributed by atoms with Crippen molar-refractivity contribution in [2.45, 2.75) is 19.3 Å². The van der Waals surface area contributed by atoms with Gasteiger partial charge in [-0.05, 0) is 79.9 Å². The first-order chi connectivity index (χ1) is 19.3. The molecule has 2 unspecified atom stereocenters. The van der Waals surface area contributed by atoms with Gasteiger partial charge in [0.1, 0.15) is 0 Å². The van der Waals surface area contributed by atoms with Crippen LogP contribution in [0.2, 0.25) is 0 Å².